The van der Waals surface area contributed by atoms with Crippen molar-refractivity contribution in [2.75, 3.05) is 0 Å². The Hall–Kier alpha value is -2.22. The maximum atomic E-state index is 12.8. The Kier molecular flexibility index (Phi) is 9.72. The molecule has 14 heteroatoms. The molecule has 0 saturated heterocycles. The lowest BCUT2D eigenvalue weighted by Gasteiger charge is -2.28. The average molecular weight is 437 g/mol. The van der Waals surface area contributed by atoms with E-state index in [0.29, 0.717) is 0 Å². The summed E-state index contributed by atoms with van der Waals surface area (Å²) in [6, 6.07) is -5.15. The van der Waals surface area contributed by atoms with Gasteiger partial charge >= 0.3 is 24.2 Å². The number of rotatable bonds is 10. The van der Waals surface area contributed by atoms with E-state index in [1.54, 1.807) is 6.92 Å². The molecule has 0 aliphatic rings. The van der Waals surface area contributed by atoms with E-state index in [9.17, 15) is 45.5 Å². The van der Waals surface area contributed by atoms with Crippen molar-refractivity contribution in [1.82, 2.24) is 4.90 Å². The first-order valence-corrected chi connectivity index (χ1v) is 8.28. The number of imide groups is 1. The summed E-state index contributed by atoms with van der Waals surface area (Å²) in [5.74, 6) is -8.77. The summed E-state index contributed by atoms with van der Waals surface area (Å²) in [6.07, 6.45) is -13.6. The Morgan fingerprint density at radius 1 is 0.931 bits per heavy atom. The van der Waals surface area contributed by atoms with E-state index < -0.39 is 78.2 Å². The smallest absolute Gasteiger partial charge is 0.471 e. The Balaban J connectivity index is 5.58. The van der Waals surface area contributed by atoms with Crippen molar-refractivity contribution in [3.8, 4) is 0 Å². The lowest BCUT2D eigenvalue weighted by atomic mass is 10.0. The maximum absolute atomic E-state index is 12.8. The average Bonchev–Trinajstić information content (AvgIpc) is 2.54. The van der Waals surface area contributed by atoms with Gasteiger partial charge in [-0.2, -0.15) is 26.3 Å². The highest BCUT2D eigenvalue weighted by Crippen LogP contribution is 2.24. The standard InChI is InChI=1S/C15H21F6N3O5/c1-7(22)3-2-4-10(25)24(13(29)15(19,20)21)9(12(27)28)6-5-8(23)11(26)14(16,17)18/h7-9H,2-6,22-23H2,1H3,(H,27,28)/t7?,8?,9-/m0/s1. The number of carbonyl (C=O) groups is 4. The minimum Gasteiger partial charge on any atom is -0.480 e. The highest BCUT2D eigenvalue weighted by atomic mass is 19.4. The number of alkyl halides is 6. The van der Waals surface area contributed by atoms with Crippen LogP contribution in [0.4, 0.5) is 26.3 Å². The number of ketones is 1. The van der Waals surface area contributed by atoms with Crippen molar-refractivity contribution in [2.24, 2.45) is 11.5 Å². The highest BCUT2D eigenvalue weighted by Gasteiger charge is 2.49. The predicted octanol–water partition coefficient (Wildman–Crippen LogP) is 1.11. The molecule has 0 bridgehead atoms. The number of hydrogen-bond acceptors (Lipinski definition) is 6. The number of hydrogen-bond donors (Lipinski definition) is 3. The van der Waals surface area contributed by atoms with Gasteiger partial charge < -0.3 is 16.6 Å². The third-order valence-corrected chi connectivity index (χ3v) is 3.74. The monoisotopic (exact) mass is 437 g/mol. The van der Waals surface area contributed by atoms with E-state index >= 15 is 0 Å². The molecule has 0 aromatic carbocycles. The van der Waals surface area contributed by atoms with E-state index in [2.05, 4.69) is 0 Å². The molecule has 0 aliphatic heterocycles. The number of nitrogens with zero attached hydrogens (tertiary/aromatic N) is 1. The van der Waals surface area contributed by atoms with Crippen LogP contribution in [0.3, 0.4) is 0 Å². The molecule has 168 valence electrons. The zero-order valence-corrected chi connectivity index (χ0v) is 15.2. The fourth-order valence-electron chi connectivity index (χ4n) is 2.30. The number of aliphatic carboxylic acids is 1. The molecule has 0 rings (SSSR count). The van der Waals surface area contributed by atoms with Crippen molar-refractivity contribution in [1.29, 1.82) is 0 Å². The summed E-state index contributed by atoms with van der Waals surface area (Å²) in [6.45, 7) is 1.54. The molecule has 5 N–H and O–H groups in total. The molecule has 0 aromatic rings. The third-order valence-electron chi connectivity index (χ3n) is 3.74. The fourth-order valence-corrected chi connectivity index (χ4v) is 2.30. The van der Waals surface area contributed by atoms with Gasteiger partial charge in [0, 0.05) is 12.5 Å². The molecule has 29 heavy (non-hydrogen) atoms. The first-order chi connectivity index (χ1) is 13.0. The second-order valence-corrected chi connectivity index (χ2v) is 6.34. The van der Waals surface area contributed by atoms with Crippen molar-refractivity contribution in [3.63, 3.8) is 0 Å². The van der Waals surface area contributed by atoms with Gasteiger partial charge in [-0.25, -0.2) is 4.79 Å². The summed E-state index contributed by atoms with van der Waals surface area (Å²) in [5.41, 5.74) is 10.4. The molecule has 3 atom stereocenters. The van der Waals surface area contributed by atoms with E-state index in [-0.39, 0.29) is 12.8 Å². The quantitative estimate of drug-likeness (QED) is 0.435. The molecular formula is C15H21F6N3O5. The summed E-state index contributed by atoms with van der Waals surface area (Å²) in [5, 5.41) is 9.15. The molecule has 0 aromatic heterocycles. The molecule has 8 nitrogen and oxygen atoms in total. The molecule has 0 heterocycles. The van der Waals surface area contributed by atoms with Gasteiger partial charge in [0.05, 0.1) is 6.04 Å². The van der Waals surface area contributed by atoms with Gasteiger partial charge in [-0.15, -0.1) is 0 Å². The largest absolute Gasteiger partial charge is 0.480 e. The number of Topliss-reactive ketones (excluding diaryl/α,β-unsaturated/α-hetero) is 1. The van der Waals surface area contributed by atoms with Crippen LogP contribution in [-0.4, -0.2) is 64.1 Å². The summed E-state index contributed by atoms with van der Waals surface area (Å²) in [4.78, 5) is 45.5. The number of amides is 2. The lowest BCUT2D eigenvalue weighted by Crippen LogP contribution is -2.54. The van der Waals surface area contributed by atoms with Gasteiger partial charge in [0.15, 0.2) is 0 Å². The van der Waals surface area contributed by atoms with Crippen LogP contribution in [0.15, 0.2) is 0 Å². The van der Waals surface area contributed by atoms with Crippen LogP contribution in [0.5, 0.6) is 0 Å². The second-order valence-electron chi connectivity index (χ2n) is 6.34. The van der Waals surface area contributed by atoms with Crippen LogP contribution >= 0.6 is 0 Å². The summed E-state index contributed by atoms with van der Waals surface area (Å²) >= 11 is 0. The SMILES string of the molecule is CC(N)CCCC(=O)N(C(=O)C(F)(F)F)[C@@H](CCC(N)C(=O)C(F)(F)F)C(=O)O. The van der Waals surface area contributed by atoms with Crippen LogP contribution in [0.1, 0.15) is 39.0 Å². The van der Waals surface area contributed by atoms with Crippen molar-refractivity contribution >= 4 is 23.6 Å². The van der Waals surface area contributed by atoms with Crippen LogP contribution in [0.2, 0.25) is 0 Å². The van der Waals surface area contributed by atoms with Gasteiger partial charge in [-0.05, 0) is 32.6 Å². The molecule has 0 spiro atoms. The van der Waals surface area contributed by atoms with E-state index in [0.717, 1.165) is 0 Å². The fraction of sp³-hybridized carbons (Fsp3) is 0.733. The molecule has 2 amide bonds. The van der Waals surface area contributed by atoms with Gasteiger partial charge in [-0.1, -0.05) is 0 Å². The van der Waals surface area contributed by atoms with Gasteiger partial charge in [-0.3, -0.25) is 19.3 Å². The number of carbonyl (C=O) groups excluding carboxylic acids is 3. The zero-order valence-electron chi connectivity index (χ0n) is 15.2. The van der Waals surface area contributed by atoms with Crippen molar-refractivity contribution in [3.05, 3.63) is 0 Å². The zero-order chi connectivity index (χ0) is 23.2. The van der Waals surface area contributed by atoms with E-state index in [1.165, 1.54) is 0 Å². The Bertz CT molecular complexity index is 621. The molecular weight excluding hydrogens is 416 g/mol. The van der Waals surface area contributed by atoms with Crippen LogP contribution in [0, 0.1) is 0 Å². The molecule has 0 radical (unpaired) electrons. The molecule has 2 unspecified atom stereocenters. The Morgan fingerprint density at radius 2 is 1.45 bits per heavy atom. The topological polar surface area (TPSA) is 144 Å². The number of nitrogens with two attached hydrogens (primary N) is 2. The van der Waals surface area contributed by atoms with Gasteiger partial charge in [0.25, 0.3) is 5.78 Å². The molecule has 0 aliphatic carbocycles. The molecule has 0 fully saturated rings. The normalized spacial score (nSPS) is 15.3. The Morgan fingerprint density at radius 3 is 1.83 bits per heavy atom. The van der Waals surface area contributed by atoms with Gasteiger partial charge in [0.1, 0.15) is 6.04 Å². The summed E-state index contributed by atoms with van der Waals surface area (Å²) < 4.78 is 75.5. The number of carboxylic acid groups (broad SMARTS) is 1. The predicted molar refractivity (Wildman–Crippen MR) is 85.1 cm³/mol. The third kappa shape index (κ3) is 8.77. The Labute approximate surface area is 161 Å². The van der Waals surface area contributed by atoms with Gasteiger partial charge in [0.2, 0.25) is 5.91 Å². The number of carboxylic acids is 1. The lowest BCUT2D eigenvalue weighted by molar-refractivity contribution is -0.192. The minimum absolute atomic E-state index is 0.0590. The molecule has 0 saturated carbocycles. The maximum Gasteiger partial charge on any atom is 0.471 e. The minimum atomic E-state index is -5.62. The van der Waals surface area contributed by atoms with Crippen LogP contribution < -0.4 is 11.5 Å². The highest BCUT2D eigenvalue weighted by molar-refractivity contribution is 6.01. The second kappa shape index (κ2) is 10.5. The van der Waals surface area contributed by atoms with E-state index in [1.807, 2.05) is 0 Å². The first-order valence-electron chi connectivity index (χ1n) is 8.28. The van der Waals surface area contributed by atoms with Crippen molar-refractivity contribution in [2.45, 2.75) is 69.5 Å². The van der Waals surface area contributed by atoms with Crippen LogP contribution in [0.25, 0.3) is 0 Å². The van der Waals surface area contributed by atoms with Crippen molar-refractivity contribution < 1.29 is 50.6 Å². The van der Waals surface area contributed by atoms with E-state index in [4.69, 9.17) is 16.6 Å². The summed E-state index contributed by atoms with van der Waals surface area (Å²) in [7, 11) is 0. The first kappa shape index (κ1) is 26.8. The number of halogens is 6. The van der Waals surface area contributed by atoms with Crippen LogP contribution in [-0.2, 0) is 19.2 Å².